The van der Waals surface area contributed by atoms with Gasteiger partial charge in [-0.25, -0.2) is 0 Å². The van der Waals surface area contributed by atoms with Gasteiger partial charge in [0.05, 0.1) is 4.92 Å². The Morgan fingerprint density at radius 2 is 1.80 bits per heavy atom. The molecule has 0 bridgehead atoms. The number of carbonyl (C=O) groups is 1. The zero-order valence-electron chi connectivity index (χ0n) is 17.5. The summed E-state index contributed by atoms with van der Waals surface area (Å²) < 4.78 is 11.2. The lowest BCUT2D eigenvalue weighted by atomic mass is 9.97. The number of piperidine rings is 1. The molecular weight excluding hydrogens is 384 g/mol. The van der Waals surface area contributed by atoms with E-state index in [1.807, 2.05) is 24.3 Å². The third-order valence-corrected chi connectivity index (χ3v) is 5.43. The van der Waals surface area contributed by atoms with Crippen LogP contribution < -0.4 is 9.64 Å². The summed E-state index contributed by atoms with van der Waals surface area (Å²) in [7, 11) is 1.70. The molecule has 7 heteroatoms. The summed E-state index contributed by atoms with van der Waals surface area (Å²) in [5.41, 5.74) is 1.75. The highest BCUT2D eigenvalue weighted by Gasteiger charge is 2.25. The molecule has 0 saturated carbocycles. The van der Waals surface area contributed by atoms with Crippen LogP contribution in [0.4, 0.5) is 11.4 Å². The average Bonchev–Trinajstić information content (AvgIpc) is 2.74. The normalized spacial score (nSPS) is 14.5. The molecule has 1 saturated heterocycles. The molecule has 0 radical (unpaired) electrons. The standard InChI is InChI=1S/C23H28N2O5/c1-17(26)3-4-18-5-7-20(8-6-18)30-21-9-10-22(25(27)28)23(15-21)24-13-11-19(12-14-24)16-29-2/h5-10,15,19H,3-4,11-14,16H2,1-2H3. The van der Waals surface area contributed by atoms with E-state index in [4.69, 9.17) is 9.47 Å². The number of methoxy groups -OCH3 is 1. The predicted molar refractivity (Wildman–Crippen MR) is 115 cm³/mol. The highest BCUT2D eigenvalue weighted by Crippen LogP contribution is 2.36. The number of hydrogen-bond acceptors (Lipinski definition) is 6. The second kappa shape index (κ2) is 10.2. The van der Waals surface area contributed by atoms with E-state index in [9.17, 15) is 14.9 Å². The summed E-state index contributed by atoms with van der Waals surface area (Å²) in [5, 5.41) is 11.5. The third kappa shape index (κ3) is 5.79. The number of rotatable bonds is 9. The lowest BCUT2D eigenvalue weighted by Gasteiger charge is -2.33. The van der Waals surface area contributed by atoms with Crippen molar-refractivity contribution in [3.8, 4) is 11.5 Å². The fourth-order valence-corrected chi connectivity index (χ4v) is 3.73. The second-order valence-electron chi connectivity index (χ2n) is 7.74. The number of nitro benzene ring substituents is 1. The first-order chi connectivity index (χ1) is 14.5. The lowest BCUT2D eigenvalue weighted by Crippen LogP contribution is -2.35. The van der Waals surface area contributed by atoms with Crippen molar-refractivity contribution in [1.29, 1.82) is 0 Å². The Balaban J connectivity index is 1.72. The van der Waals surface area contributed by atoms with E-state index in [-0.39, 0.29) is 16.4 Å². The van der Waals surface area contributed by atoms with Gasteiger partial charge in [0, 0.05) is 45.4 Å². The molecule has 7 nitrogen and oxygen atoms in total. The molecule has 0 spiro atoms. The molecule has 0 unspecified atom stereocenters. The molecule has 0 atom stereocenters. The van der Waals surface area contributed by atoms with Gasteiger partial charge in [0.15, 0.2) is 0 Å². The topological polar surface area (TPSA) is 81.9 Å². The van der Waals surface area contributed by atoms with Crippen LogP contribution in [0, 0.1) is 16.0 Å². The maximum atomic E-state index is 11.5. The molecule has 160 valence electrons. The van der Waals surface area contributed by atoms with Gasteiger partial charge in [-0.1, -0.05) is 12.1 Å². The molecule has 1 heterocycles. The highest BCUT2D eigenvalue weighted by atomic mass is 16.6. The van der Waals surface area contributed by atoms with Gasteiger partial charge in [-0.2, -0.15) is 0 Å². The van der Waals surface area contributed by atoms with Crippen LogP contribution in [-0.4, -0.2) is 37.5 Å². The largest absolute Gasteiger partial charge is 0.457 e. The number of aryl methyl sites for hydroxylation is 1. The fraction of sp³-hybridized carbons (Fsp3) is 0.435. The van der Waals surface area contributed by atoms with Gasteiger partial charge in [0.2, 0.25) is 0 Å². The van der Waals surface area contributed by atoms with E-state index in [0.29, 0.717) is 35.9 Å². The van der Waals surface area contributed by atoms with Crippen LogP contribution in [0.25, 0.3) is 0 Å². The molecule has 3 rings (SSSR count). The van der Waals surface area contributed by atoms with Crippen molar-refractivity contribution in [2.45, 2.75) is 32.6 Å². The Hall–Kier alpha value is -2.93. The number of anilines is 1. The first-order valence-electron chi connectivity index (χ1n) is 10.2. The summed E-state index contributed by atoms with van der Waals surface area (Å²) in [4.78, 5) is 24.4. The maximum absolute atomic E-state index is 11.5. The first-order valence-corrected chi connectivity index (χ1v) is 10.2. The monoisotopic (exact) mass is 412 g/mol. The van der Waals surface area contributed by atoms with Gasteiger partial charge in [-0.15, -0.1) is 0 Å². The van der Waals surface area contributed by atoms with Crippen molar-refractivity contribution in [3.63, 3.8) is 0 Å². The average molecular weight is 412 g/mol. The number of benzene rings is 2. The number of ether oxygens (including phenoxy) is 2. The Bertz CT molecular complexity index is 874. The van der Waals surface area contributed by atoms with Gasteiger partial charge in [0.25, 0.3) is 5.69 Å². The highest BCUT2D eigenvalue weighted by molar-refractivity contribution is 5.75. The summed E-state index contributed by atoms with van der Waals surface area (Å²) in [6.45, 7) is 3.82. The molecule has 0 aliphatic carbocycles. The van der Waals surface area contributed by atoms with Gasteiger partial charge >= 0.3 is 0 Å². The Labute approximate surface area is 176 Å². The van der Waals surface area contributed by atoms with Crippen LogP contribution in [-0.2, 0) is 16.0 Å². The predicted octanol–water partition coefficient (Wildman–Crippen LogP) is 4.77. The van der Waals surface area contributed by atoms with Crippen LogP contribution in [0.15, 0.2) is 42.5 Å². The van der Waals surface area contributed by atoms with Crippen molar-refractivity contribution < 1.29 is 19.2 Å². The quantitative estimate of drug-likeness (QED) is 0.436. The summed E-state index contributed by atoms with van der Waals surface area (Å²) >= 11 is 0. The number of nitrogens with zero attached hydrogens (tertiary/aromatic N) is 2. The Kier molecular flexibility index (Phi) is 7.41. The van der Waals surface area contributed by atoms with Crippen molar-refractivity contribution >= 4 is 17.2 Å². The molecule has 2 aromatic carbocycles. The summed E-state index contributed by atoms with van der Waals surface area (Å²) in [5.74, 6) is 1.87. The van der Waals surface area contributed by atoms with Gasteiger partial charge in [-0.05, 0) is 55.9 Å². The molecular formula is C23H28N2O5. The minimum atomic E-state index is -0.343. The van der Waals surface area contributed by atoms with Gasteiger partial charge < -0.3 is 19.2 Å². The van der Waals surface area contributed by atoms with E-state index in [1.54, 1.807) is 26.2 Å². The molecule has 0 N–H and O–H groups in total. The number of nitro groups is 1. The van der Waals surface area contributed by atoms with E-state index < -0.39 is 0 Å². The second-order valence-corrected chi connectivity index (χ2v) is 7.74. The third-order valence-electron chi connectivity index (χ3n) is 5.43. The molecule has 1 fully saturated rings. The van der Waals surface area contributed by atoms with Crippen LogP contribution in [0.2, 0.25) is 0 Å². The Morgan fingerprint density at radius 3 is 2.40 bits per heavy atom. The SMILES string of the molecule is COCC1CCN(c2cc(Oc3ccc(CCC(C)=O)cc3)ccc2[N+](=O)[O-])CC1. The van der Waals surface area contributed by atoms with E-state index in [2.05, 4.69) is 4.90 Å². The van der Waals surface area contributed by atoms with Crippen molar-refractivity contribution in [2.24, 2.45) is 5.92 Å². The van der Waals surface area contributed by atoms with Crippen molar-refractivity contribution in [2.75, 3.05) is 31.7 Å². The number of Topliss-reactive ketones (excluding diaryl/α,β-unsaturated/α-hetero) is 1. The minimum Gasteiger partial charge on any atom is -0.457 e. The molecule has 1 aliphatic heterocycles. The molecule has 2 aromatic rings. The zero-order valence-corrected chi connectivity index (χ0v) is 17.5. The number of hydrogen-bond donors (Lipinski definition) is 0. The van der Waals surface area contributed by atoms with Crippen LogP contribution in [0.1, 0.15) is 31.7 Å². The fourth-order valence-electron chi connectivity index (χ4n) is 3.73. The van der Waals surface area contributed by atoms with E-state index in [0.717, 1.165) is 38.1 Å². The molecule has 1 aliphatic rings. The minimum absolute atomic E-state index is 0.0899. The van der Waals surface area contributed by atoms with E-state index in [1.165, 1.54) is 6.07 Å². The zero-order chi connectivity index (χ0) is 21.5. The molecule has 0 amide bonds. The summed E-state index contributed by atoms with van der Waals surface area (Å²) in [6, 6.07) is 12.5. The van der Waals surface area contributed by atoms with Gasteiger partial charge in [-0.3, -0.25) is 10.1 Å². The summed E-state index contributed by atoms with van der Waals surface area (Å²) in [6.07, 6.45) is 3.11. The van der Waals surface area contributed by atoms with Crippen LogP contribution in [0.3, 0.4) is 0 Å². The molecule has 30 heavy (non-hydrogen) atoms. The van der Waals surface area contributed by atoms with Gasteiger partial charge in [0.1, 0.15) is 23.0 Å². The number of ketones is 1. The lowest BCUT2D eigenvalue weighted by molar-refractivity contribution is -0.384. The van der Waals surface area contributed by atoms with Crippen LogP contribution in [0.5, 0.6) is 11.5 Å². The van der Waals surface area contributed by atoms with Crippen LogP contribution >= 0.6 is 0 Å². The smallest absolute Gasteiger partial charge is 0.292 e. The van der Waals surface area contributed by atoms with Crippen molar-refractivity contribution in [1.82, 2.24) is 0 Å². The maximum Gasteiger partial charge on any atom is 0.292 e. The van der Waals surface area contributed by atoms with Crippen molar-refractivity contribution in [3.05, 3.63) is 58.1 Å². The first kappa shape index (κ1) is 21.8. The number of carbonyl (C=O) groups excluding carboxylic acids is 1. The Morgan fingerprint density at radius 1 is 1.13 bits per heavy atom. The molecule has 0 aromatic heterocycles. The van der Waals surface area contributed by atoms with E-state index >= 15 is 0 Å².